The Hall–Kier alpha value is -0.800. The SMILES string of the molecule is O=C(NC1CCCCC1Cl)c1ccc(Cl)c(F)c1. The quantitative estimate of drug-likeness (QED) is 0.826. The van der Waals surface area contributed by atoms with Gasteiger partial charge in [-0.25, -0.2) is 4.39 Å². The fourth-order valence-electron chi connectivity index (χ4n) is 2.14. The van der Waals surface area contributed by atoms with Gasteiger partial charge in [-0.05, 0) is 31.0 Å². The average Bonchev–Trinajstić information content (AvgIpc) is 2.35. The van der Waals surface area contributed by atoms with E-state index in [-0.39, 0.29) is 27.9 Å². The highest BCUT2D eigenvalue weighted by Crippen LogP contribution is 2.23. The molecule has 0 spiro atoms. The van der Waals surface area contributed by atoms with E-state index in [9.17, 15) is 9.18 Å². The van der Waals surface area contributed by atoms with E-state index in [4.69, 9.17) is 23.2 Å². The first-order valence-corrected chi connectivity index (χ1v) is 6.79. The lowest BCUT2D eigenvalue weighted by Gasteiger charge is -2.27. The second-order valence-electron chi connectivity index (χ2n) is 4.51. The third-order valence-electron chi connectivity index (χ3n) is 3.18. The zero-order chi connectivity index (χ0) is 13.1. The van der Waals surface area contributed by atoms with Crippen LogP contribution in [0.15, 0.2) is 18.2 Å². The molecule has 1 saturated carbocycles. The summed E-state index contributed by atoms with van der Waals surface area (Å²) in [4.78, 5) is 11.9. The normalized spacial score (nSPS) is 23.7. The molecule has 18 heavy (non-hydrogen) atoms. The van der Waals surface area contributed by atoms with Crippen molar-refractivity contribution in [2.75, 3.05) is 0 Å². The molecule has 0 aliphatic heterocycles. The number of nitrogens with one attached hydrogen (secondary N) is 1. The van der Waals surface area contributed by atoms with Crippen molar-refractivity contribution >= 4 is 29.1 Å². The van der Waals surface area contributed by atoms with Gasteiger partial charge in [0.15, 0.2) is 0 Å². The molecule has 1 aliphatic carbocycles. The molecule has 0 bridgehead atoms. The Morgan fingerprint density at radius 1 is 1.33 bits per heavy atom. The lowest BCUT2D eigenvalue weighted by molar-refractivity contribution is 0.0928. The molecular weight excluding hydrogens is 276 g/mol. The highest BCUT2D eigenvalue weighted by Gasteiger charge is 2.25. The molecule has 98 valence electrons. The summed E-state index contributed by atoms with van der Waals surface area (Å²) in [5.74, 6) is -0.890. The molecule has 2 unspecified atom stereocenters. The van der Waals surface area contributed by atoms with Gasteiger partial charge in [0.05, 0.1) is 10.4 Å². The first-order valence-electron chi connectivity index (χ1n) is 5.98. The molecule has 1 fully saturated rings. The molecule has 5 heteroatoms. The van der Waals surface area contributed by atoms with Gasteiger partial charge in [-0.1, -0.05) is 24.4 Å². The number of rotatable bonds is 2. The minimum Gasteiger partial charge on any atom is -0.348 e. The molecule has 1 aromatic carbocycles. The number of halogens is 3. The van der Waals surface area contributed by atoms with Gasteiger partial charge in [0, 0.05) is 11.6 Å². The fraction of sp³-hybridized carbons (Fsp3) is 0.462. The molecule has 0 radical (unpaired) electrons. The first-order chi connectivity index (χ1) is 8.58. The number of hydrogen-bond acceptors (Lipinski definition) is 1. The van der Waals surface area contributed by atoms with E-state index in [0.29, 0.717) is 0 Å². The molecule has 1 amide bonds. The number of carbonyl (C=O) groups excluding carboxylic acids is 1. The van der Waals surface area contributed by atoms with Gasteiger partial charge in [-0.3, -0.25) is 4.79 Å². The Morgan fingerprint density at radius 3 is 2.72 bits per heavy atom. The van der Waals surface area contributed by atoms with Crippen molar-refractivity contribution in [1.82, 2.24) is 5.32 Å². The van der Waals surface area contributed by atoms with Crippen LogP contribution in [0.25, 0.3) is 0 Å². The van der Waals surface area contributed by atoms with Gasteiger partial charge in [0.2, 0.25) is 0 Å². The highest BCUT2D eigenvalue weighted by atomic mass is 35.5. The summed E-state index contributed by atoms with van der Waals surface area (Å²) in [7, 11) is 0. The third kappa shape index (κ3) is 3.15. The average molecular weight is 290 g/mol. The smallest absolute Gasteiger partial charge is 0.251 e. The van der Waals surface area contributed by atoms with Crippen LogP contribution in [0.5, 0.6) is 0 Å². The van der Waals surface area contributed by atoms with E-state index >= 15 is 0 Å². The third-order valence-corrected chi connectivity index (χ3v) is 4.01. The van der Waals surface area contributed by atoms with Gasteiger partial charge in [0.1, 0.15) is 5.82 Å². The summed E-state index contributed by atoms with van der Waals surface area (Å²) in [6.07, 6.45) is 3.93. The maximum absolute atomic E-state index is 13.3. The molecule has 1 aliphatic rings. The molecule has 0 aromatic heterocycles. The molecule has 0 saturated heterocycles. The van der Waals surface area contributed by atoms with Crippen molar-refractivity contribution in [2.24, 2.45) is 0 Å². The van der Waals surface area contributed by atoms with E-state index in [1.807, 2.05) is 0 Å². The number of benzene rings is 1. The minimum atomic E-state index is -0.588. The summed E-state index contributed by atoms with van der Waals surface area (Å²) >= 11 is 11.7. The summed E-state index contributed by atoms with van der Waals surface area (Å²) in [6, 6.07) is 3.99. The van der Waals surface area contributed by atoms with Crippen molar-refractivity contribution in [3.63, 3.8) is 0 Å². The van der Waals surface area contributed by atoms with Crippen LogP contribution in [-0.2, 0) is 0 Å². The Morgan fingerprint density at radius 2 is 2.06 bits per heavy atom. The number of alkyl halides is 1. The van der Waals surface area contributed by atoms with E-state index in [2.05, 4.69) is 5.32 Å². The highest BCUT2D eigenvalue weighted by molar-refractivity contribution is 6.30. The van der Waals surface area contributed by atoms with Gasteiger partial charge < -0.3 is 5.32 Å². The van der Waals surface area contributed by atoms with Gasteiger partial charge in [0.25, 0.3) is 5.91 Å². The number of amides is 1. The Kier molecular flexibility index (Phi) is 4.46. The van der Waals surface area contributed by atoms with Crippen molar-refractivity contribution in [2.45, 2.75) is 37.1 Å². The summed E-state index contributed by atoms with van der Waals surface area (Å²) in [5.41, 5.74) is 0.270. The second-order valence-corrected chi connectivity index (χ2v) is 5.48. The van der Waals surface area contributed by atoms with Crippen LogP contribution < -0.4 is 5.32 Å². The lowest BCUT2D eigenvalue weighted by atomic mass is 9.94. The largest absolute Gasteiger partial charge is 0.348 e. The van der Waals surface area contributed by atoms with Gasteiger partial charge in [-0.15, -0.1) is 11.6 Å². The fourth-order valence-corrected chi connectivity index (χ4v) is 2.60. The Balaban J connectivity index is 2.04. The van der Waals surface area contributed by atoms with Crippen LogP contribution in [-0.4, -0.2) is 17.3 Å². The molecule has 0 heterocycles. The van der Waals surface area contributed by atoms with E-state index in [1.165, 1.54) is 12.1 Å². The van der Waals surface area contributed by atoms with Crippen LogP contribution in [0.3, 0.4) is 0 Å². The van der Waals surface area contributed by atoms with E-state index in [0.717, 1.165) is 31.7 Å². The summed E-state index contributed by atoms with van der Waals surface area (Å²) in [6.45, 7) is 0. The van der Waals surface area contributed by atoms with Crippen molar-refractivity contribution < 1.29 is 9.18 Å². The molecule has 2 atom stereocenters. The van der Waals surface area contributed by atoms with Crippen LogP contribution in [0.1, 0.15) is 36.0 Å². The standard InChI is InChI=1S/C13H14Cl2FNO/c14-9-6-5-8(7-11(9)16)13(18)17-12-4-2-1-3-10(12)15/h5-7,10,12H,1-4H2,(H,17,18). The first kappa shape index (κ1) is 13.6. The lowest BCUT2D eigenvalue weighted by Crippen LogP contribution is -2.42. The van der Waals surface area contributed by atoms with Gasteiger partial charge in [-0.2, -0.15) is 0 Å². The zero-order valence-corrected chi connectivity index (χ0v) is 11.3. The van der Waals surface area contributed by atoms with Crippen LogP contribution >= 0.6 is 23.2 Å². The predicted octanol–water partition coefficient (Wildman–Crippen LogP) is 3.76. The Labute approximate surface area is 115 Å². The second kappa shape index (κ2) is 5.89. The summed E-state index contributed by atoms with van der Waals surface area (Å²) < 4.78 is 13.3. The minimum absolute atomic E-state index is 0.0134. The molecule has 2 nitrogen and oxygen atoms in total. The molecular formula is C13H14Cl2FNO. The maximum Gasteiger partial charge on any atom is 0.251 e. The summed E-state index contributed by atoms with van der Waals surface area (Å²) in [5, 5.41) is 2.82. The Bertz CT molecular complexity index is 453. The zero-order valence-electron chi connectivity index (χ0n) is 9.76. The molecule has 1 N–H and O–H groups in total. The van der Waals surface area contributed by atoms with Crippen molar-refractivity contribution in [3.05, 3.63) is 34.6 Å². The maximum atomic E-state index is 13.3. The molecule has 1 aromatic rings. The van der Waals surface area contributed by atoms with Crippen LogP contribution in [0, 0.1) is 5.82 Å². The van der Waals surface area contributed by atoms with Gasteiger partial charge >= 0.3 is 0 Å². The molecule has 2 rings (SSSR count). The van der Waals surface area contributed by atoms with Crippen LogP contribution in [0.4, 0.5) is 4.39 Å². The van der Waals surface area contributed by atoms with E-state index < -0.39 is 5.82 Å². The topological polar surface area (TPSA) is 29.1 Å². The van der Waals surface area contributed by atoms with Crippen molar-refractivity contribution in [1.29, 1.82) is 0 Å². The number of carbonyl (C=O) groups is 1. The van der Waals surface area contributed by atoms with Crippen LogP contribution in [0.2, 0.25) is 5.02 Å². The monoisotopic (exact) mass is 289 g/mol. The predicted molar refractivity (Wildman–Crippen MR) is 70.8 cm³/mol. The van der Waals surface area contributed by atoms with E-state index in [1.54, 1.807) is 0 Å². The van der Waals surface area contributed by atoms with Crippen molar-refractivity contribution in [3.8, 4) is 0 Å². The number of hydrogen-bond donors (Lipinski definition) is 1.